The minimum Gasteiger partial charge on any atom is -0.317 e. The second-order valence-electron chi connectivity index (χ2n) is 6.35. The van der Waals surface area contributed by atoms with Crippen molar-refractivity contribution in [2.24, 2.45) is 5.41 Å². The normalized spacial score (nSPS) is 26.9. The van der Waals surface area contributed by atoms with Crippen LogP contribution in [0.25, 0.3) is 10.8 Å². The van der Waals surface area contributed by atoms with Gasteiger partial charge in [-0.2, -0.15) is 0 Å². The Balaban J connectivity index is 1.90. The Kier molecular flexibility index (Phi) is 3.32. The molecule has 3 rings (SSSR count). The molecule has 1 N–H and O–H groups in total. The molecule has 2 aromatic carbocycles. The van der Waals surface area contributed by atoms with E-state index in [1.165, 1.54) is 42.0 Å². The molecule has 100 valence electrons. The zero-order chi connectivity index (χ0) is 13.3. The van der Waals surface area contributed by atoms with Gasteiger partial charge in [-0.3, -0.25) is 0 Å². The van der Waals surface area contributed by atoms with E-state index in [1.807, 2.05) is 0 Å². The molecule has 1 fully saturated rings. The molecule has 1 heteroatoms. The van der Waals surface area contributed by atoms with Crippen LogP contribution in [0.5, 0.6) is 0 Å². The van der Waals surface area contributed by atoms with Crippen LogP contribution in [0.15, 0.2) is 42.5 Å². The first-order valence-corrected chi connectivity index (χ1v) is 7.34. The van der Waals surface area contributed by atoms with Crippen molar-refractivity contribution >= 4 is 10.8 Å². The fraction of sp³-hybridized carbons (Fsp3) is 0.444. The molecular weight excluding hydrogens is 230 g/mol. The molecule has 2 atom stereocenters. The van der Waals surface area contributed by atoms with Crippen LogP contribution in [0.2, 0.25) is 0 Å². The van der Waals surface area contributed by atoms with Crippen LogP contribution >= 0.6 is 0 Å². The van der Waals surface area contributed by atoms with Gasteiger partial charge in [-0.1, -0.05) is 49.4 Å². The zero-order valence-electron chi connectivity index (χ0n) is 11.9. The molecule has 2 aromatic rings. The summed E-state index contributed by atoms with van der Waals surface area (Å²) in [6.07, 6.45) is 5.15. The van der Waals surface area contributed by atoms with Crippen molar-refractivity contribution in [3.05, 3.63) is 48.0 Å². The molecule has 0 radical (unpaired) electrons. The molecule has 0 spiro atoms. The summed E-state index contributed by atoms with van der Waals surface area (Å²) in [7, 11) is 2.09. The van der Waals surface area contributed by atoms with Gasteiger partial charge < -0.3 is 5.32 Å². The van der Waals surface area contributed by atoms with Crippen LogP contribution in [0.3, 0.4) is 0 Å². The summed E-state index contributed by atoms with van der Waals surface area (Å²) in [5.74, 6) is 0. The van der Waals surface area contributed by atoms with Gasteiger partial charge in [0.25, 0.3) is 0 Å². The molecule has 1 nitrogen and oxygen atoms in total. The van der Waals surface area contributed by atoms with Crippen molar-refractivity contribution in [2.45, 2.75) is 38.6 Å². The van der Waals surface area contributed by atoms with Gasteiger partial charge in [0.1, 0.15) is 0 Å². The predicted molar refractivity (Wildman–Crippen MR) is 82.5 cm³/mol. The Morgan fingerprint density at radius 3 is 2.74 bits per heavy atom. The first-order valence-electron chi connectivity index (χ1n) is 7.34. The largest absolute Gasteiger partial charge is 0.317 e. The molecule has 2 unspecified atom stereocenters. The lowest BCUT2D eigenvalue weighted by Crippen LogP contribution is -2.24. The molecule has 1 aliphatic rings. The van der Waals surface area contributed by atoms with Gasteiger partial charge >= 0.3 is 0 Å². The van der Waals surface area contributed by atoms with E-state index in [9.17, 15) is 0 Å². The maximum Gasteiger partial charge on any atom is 0.00695 e. The highest BCUT2D eigenvalue weighted by Crippen LogP contribution is 2.41. The van der Waals surface area contributed by atoms with E-state index >= 15 is 0 Å². The van der Waals surface area contributed by atoms with E-state index in [0.29, 0.717) is 11.5 Å². The van der Waals surface area contributed by atoms with Crippen LogP contribution in [-0.2, 0) is 6.42 Å². The Bertz CT molecular complexity index is 569. The van der Waals surface area contributed by atoms with Crippen molar-refractivity contribution < 1.29 is 0 Å². The van der Waals surface area contributed by atoms with Gasteiger partial charge in [-0.25, -0.2) is 0 Å². The first-order chi connectivity index (χ1) is 9.20. The monoisotopic (exact) mass is 253 g/mol. The average Bonchev–Trinajstić information content (AvgIpc) is 2.81. The van der Waals surface area contributed by atoms with E-state index in [2.05, 4.69) is 61.8 Å². The standard InChI is InChI=1S/C18H23N/c1-18(11-10-16(13-18)19-2)12-15-8-5-7-14-6-3-4-9-17(14)15/h3-9,16,19H,10-13H2,1-2H3. The summed E-state index contributed by atoms with van der Waals surface area (Å²) in [5, 5.41) is 6.24. The smallest absolute Gasteiger partial charge is 0.00695 e. The Labute approximate surface area is 116 Å². The van der Waals surface area contributed by atoms with E-state index < -0.39 is 0 Å². The first kappa shape index (κ1) is 12.7. The summed E-state index contributed by atoms with van der Waals surface area (Å²) >= 11 is 0. The lowest BCUT2D eigenvalue weighted by atomic mass is 9.81. The molecule has 1 aliphatic carbocycles. The molecule has 0 aromatic heterocycles. The fourth-order valence-electron chi connectivity index (χ4n) is 3.64. The minimum atomic E-state index is 0.456. The average molecular weight is 253 g/mol. The quantitative estimate of drug-likeness (QED) is 0.866. The minimum absolute atomic E-state index is 0.456. The molecule has 0 amide bonds. The van der Waals surface area contributed by atoms with Crippen LogP contribution in [-0.4, -0.2) is 13.1 Å². The van der Waals surface area contributed by atoms with E-state index in [0.717, 1.165) is 0 Å². The van der Waals surface area contributed by atoms with Crippen molar-refractivity contribution in [1.82, 2.24) is 5.32 Å². The third kappa shape index (κ3) is 2.52. The van der Waals surface area contributed by atoms with Gasteiger partial charge in [0, 0.05) is 6.04 Å². The number of benzene rings is 2. The number of hydrogen-bond donors (Lipinski definition) is 1. The van der Waals surface area contributed by atoms with Crippen molar-refractivity contribution in [1.29, 1.82) is 0 Å². The van der Waals surface area contributed by atoms with Crippen LogP contribution < -0.4 is 5.32 Å². The lowest BCUT2D eigenvalue weighted by Gasteiger charge is -2.25. The third-order valence-electron chi connectivity index (χ3n) is 4.74. The highest BCUT2D eigenvalue weighted by Gasteiger charge is 2.34. The molecule has 0 heterocycles. The maximum absolute atomic E-state index is 3.44. The molecule has 1 saturated carbocycles. The Morgan fingerprint density at radius 1 is 1.16 bits per heavy atom. The summed E-state index contributed by atoms with van der Waals surface area (Å²) in [4.78, 5) is 0. The molecule has 0 bridgehead atoms. The molecule has 19 heavy (non-hydrogen) atoms. The highest BCUT2D eigenvalue weighted by atomic mass is 14.9. The van der Waals surface area contributed by atoms with Gasteiger partial charge in [0.05, 0.1) is 0 Å². The second kappa shape index (κ2) is 4.97. The van der Waals surface area contributed by atoms with Crippen LogP contribution in [0.4, 0.5) is 0 Å². The van der Waals surface area contributed by atoms with Gasteiger partial charge in [0.15, 0.2) is 0 Å². The van der Waals surface area contributed by atoms with E-state index in [-0.39, 0.29) is 0 Å². The molecular formula is C18H23N. The maximum atomic E-state index is 3.44. The summed E-state index contributed by atoms with van der Waals surface area (Å²) in [6, 6.07) is 16.2. The second-order valence-corrected chi connectivity index (χ2v) is 6.35. The molecule has 0 aliphatic heterocycles. The van der Waals surface area contributed by atoms with Gasteiger partial charge in [-0.15, -0.1) is 0 Å². The Morgan fingerprint density at radius 2 is 1.95 bits per heavy atom. The summed E-state index contributed by atoms with van der Waals surface area (Å²) in [5.41, 5.74) is 1.97. The highest BCUT2D eigenvalue weighted by molar-refractivity contribution is 5.85. The van der Waals surface area contributed by atoms with E-state index in [4.69, 9.17) is 0 Å². The SMILES string of the molecule is CNC1CCC(C)(Cc2cccc3ccccc23)C1. The van der Waals surface area contributed by atoms with Crippen molar-refractivity contribution in [3.8, 4) is 0 Å². The van der Waals surface area contributed by atoms with E-state index in [1.54, 1.807) is 0 Å². The number of rotatable bonds is 3. The topological polar surface area (TPSA) is 12.0 Å². The third-order valence-corrected chi connectivity index (χ3v) is 4.74. The number of hydrogen-bond acceptors (Lipinski definition) is 1. The van der Waals surface area contributed by atoms with Gasteiger partial charge in [0.2, 0.25) is 0 Å². The van der Waals surface area contributed by atoms with Gasteiger partial charge in [-0.05, 0) is 54.5 Å². The number of nitrogens with one attached hydrogen (secondary N) is 1. The van der Waals surface area contributed by atoms with Crippen molar-refractivity contribution in [2.75, 3.05) is 7.05 Å². The summed E-state index contributed by atoms with van der Waals surface area (Å²) in [6.45, 7) is 2.45. The predicted octanol–water partition coefficient (Wildman–Crippen LogP) is 4.16. The Hall–Kier alpha value is -1.34. The van der Waals surface area contributed by atoms with Crippen molar-refractivity contribution in [3.63, 3.8) is 0 Å². The number of fused-ring (bicyclic) bond motifs is 1. The van der Waals surface area contributed by atoms with Crippen LogP contribution in [0.1, 0.15) is 31.7 Å². The molecule has 0 saturated heterocycles. The summed E-state index contributed by atoms with van der Waals surface area (Å²) < 4.78 is 0. The zero-order valence-corrected chi connectivity index (χ0v) is 11.9. The lowest BCUT2D eigenvalue weighted by molar-refractivity contribution is 0.325. The van der Waals surface area contributed by atoms with Crippen LogP contribution in [0, 0.1) is 5.41 Å². The fourth-order valence-corrected chi connectivity index (χ4v) is 3.64.